The van der Waals surface area contributed by atoms with Crippen molar-refractivity contribution in [3.8, 4) is 0 Å². The van der Waals surface area contributed by atoms with Gasteiger partial charge in [0.05, 0.1) is 0 Å². The number of hydrogen-bond donors (Lipinski definition) is 0. The Morgan fingerprint density at radius 2 is 1.63 bits per heavy atom. The minimum absolute atomic E-state index is 0.215. The van der Waals surface area contributed by atoms with E-state index in [1.54, 1.807) is 0 Å². The average Bonchev–Trinajstić information content (AvgIpc) is 2.26. The molecule has 110 valence electrons. The Morgan fingerprint density at radius 1 is 1.21 bits per heavy atom. The second kappa shape index (κ2) is 6.13. The van der Waals surface area contributed by atoms with Crippen molar-refractivity contribution in [1.29, 1.82) is 0 Å². The number of hydroxylamine groups is 2. The van der Waals surface area contributed by atoms with Gasteiger partial charge in [-0.25, -0.2) is 0 Å². The molecule has 2 radical (unpaired) electrons. The third kappa shape index (κ3) is 3.94. The van der Waals surface area contributed by atoms with Crippen LogP contribution in [0.4, 0.5) is 0 Å². The fourth-order valence-corrected chi connectivity index (χ4v) is 3.89. The van der Waals surface area contributed by atoms with Crippen LogP contribution < -0.4 is 0 Å². The van der Waals surface area contributed by atoms with Crippen LogP contribution in [0.3, 0.4) is 0 Å². The second-order valence-electron chi connectivity index (χ2n) is 6.57. The summed E-state index contributed by atoms with van der Waals surface area (Å²) in [4.78, 5) is 7.04. The normalized spacial score (nSPS) is 24.5. The van der Waals surface area contributed by atoms with Crippen LogP contribution in [0.5, 0.6) is 0 Å². The summed E-state index contributed by atoms with van der Waals surface area (Å²) in [5.74, 6) is 0. The molecule has 0 unspecified atom stereocenters. The van der Waals surface area contributed by atoms with E-state index >= 15 is 0 Å². The van der Waals surface area contributed by atoms with E-state index < -0.39 is 0 Å². The van der Waals surface area contributed by atoms with Crippen LogP contribution in [0.1, 0.15) is 54.4 Å². The topological polar surface area (TPSA) is 38.7 Å². The summed E-state index contributed by atoms with van der Waals surface area (Å²) in [6.07, 6.45) is 1.62. The Hall–Kier alpha value is -0.0905. The molecular formula is C14H27N3OSe. The number of aliphatic imine (C=N–C) groups is 1. The zero-order valence-electron chi connectivity index (χ0n) is 13.1. The van der Waals surface area contributed by atoms with Crippen LogP contribution in [-0.4, -0.2) is 60.9 Å². The van der Waals surface area contributed by atoms with Gasteiger partial charge in [-0.3, -0.25) is 0 Å². The number of amidine groups is 1. The van der Waals surface area contributed by atoms with Gasteiger partial charge in [-0.05, 0) is 0 Å². The molecular weight excluding hydrogens is 305 g/mol. The summed E-state index contributed by atoms with van der Waals surface area (Å²) in [7, 11) is 0. The van der Waals surface area contributed by atoms with Gasteiger partial charge in [0, 0.05) is 0 Å². The second-order valence-corrected chi connectivity index (χ2v) is 7.33. The number of hydrogen-bond acceptors (Lipinski definition) is 2. The standard InChI is InChI=1S/C14H27N3OSe/c1-7-16(8-2)12(19)15-11-9-13(3,4)17(18)14(5,6)10-11/h11H,7-10H2,1-6H3. The summed E-state index contributed by atoms with van der Waals surface area (Å²) in [5, 5.41) is 13.5. The molecule has 5 heteroatoms. The zero-order valence-corrected chi connectivity index (χ0v) is 14.8. The molecule has 0 atom stereocenters. The fourth-order valence-electron chi connectivity index (χ4n) is 3.03. The predicted octanol–water partition coefficient (Wildman–Crippen LogP) is 2.22. The van der Waals surface area contributed by atoms with Crippen LogP contribution in [0, 0.1) is 0 Å². The average molecular weight is 332 g/mol. The third-order valence-electron chi connectivity index (χ3n) is 3.90. The Bertz CT molecular complexity index is 320. The van der Waals surface area contributed by atoms with Crippen molar-refractivity contribution >= 4 is 20.7 Å². The van der Waals surface area contributed by atoms with Crippen molar-refractivity contribution in [3.05, 3.63) is 0 Å². The van der Waals surface area contributed by atoms with Gasteiger partial charge in [-0.1, -0.05) is 0 Å². The third-order valence-corrected chi connectivity index (χ3v) is 4.66. The van der Waals surface area contributed by atoms with Crippen LogP contribution in [0.25, 0.3) is 0 Å². The molecule has 0 spiro atoms. The van der Waals surface area contributed by atoms with E-state index in [2.05, 4.69) is 34.8 Å². The Balaban J connectivity index is 2.89. The molecule has 0 aliphatic carbocycles. The van der Waals surface area contributed by atoms with Gasteiger partial charge in [-0.2, -0.15) is 0 Å². The minimum atomic E-state index is -0.348. The Morgan fingerprint density at radius 3 is 2.00 bits per heavy atom. The van der Waals surface area contributed by atoms with E-state index in [9.17, 15) is 5.21 Å². The van der Waals surface area contributed by atoms with E-state index in [4.69, 9.17) is 4.99 Å². The van der Waals surface area contributed by atoms with Crippen molar-refractivity contribution in [2.24, 2.45) is 4.99 Å². The quantitative estimate of drug-likeness (QED) is 0.452. The molecule has 1 saturated heterocycles. The summed E-state index contributed by atoms with van der Waals surface area (Å²) < 4.78 is 0.973. The molecule has 0 aromatic heterocycles. The van der Waals surface area contributed by atoms with E-state index in [1.165, 1.54) is 5.06 Å². The van der Waals surface area contributed by atoms with E-state index in [-0.39, 0.29) is 17.1 Å². The monoisotopic (exact) mass is 333 g/mol. The van der Waals surface area contributed by atoms with Gasteiger partial charge >= 0.3 is 126 Å². The van der Waals surface area contributed by atoms with Crippen molar-refractivity contribution in [2.45, 2.75) is 71.5 Å². The molecule has 1 aliphatic heterocycles. The van der Waals surface area contributed by atoms with Crippen molar-refractivity contribution in [3.63, 3.8) is 0 Å². The maximum atomic E-state index is 12.3. The molecule has 1 heterocycles. The maximum absolute atomic E-state index is 12.3. The summed E-state index contributed by atoms with van der Waals surface area (Å²) >= 11 is 3.08. The Labute approximate surface area is 126 Å². The van der Waals surface area contributed by atoms with E-state index in [1.807, 2.05) is 27.7 Å². The van der Waals surface area contributed by atoms with Gasteiger partial charge in [0.15, 0.2) is 0 Å². The van der Waals surface area contributed by atoms with Gasteiger partial charge in [-0.15, -0.1) is 0 Å². The Kier molecular flexibility index (Phi) is 5.47. The molecule has 19 heavy (non-hydrogen) atoms. The predicted molar refractivity (Wildman–Crippen MR) is 79.8 cm³/mol. The van der Waals surface area contributed by atoms with E-state index in [0.717, 1.165) is 30.7 Å². The molecule has 0 amide bonds. The first-order chi connectivity index (χ1) is 8.64. The van der Waals surface area contributed by atoms with Crippen LogP contribution in [0.15, 0.2) is 4.99 Å². The van der Waals surface area contributed by atoms with Crippen LogP contribution >= 0.6 is 0 Å². The molecule has 0 aromatic carbocycles. The van der Waals surface area contributed by atoms with Crippen molar-refractivity contribution in [2.75, 3.05) is 13.1 Å². The first-order valence-corrected chi connectivity index (χ1v) is 7.97. The first-order valence-electron chi connectivity index (χ1n) is 7.11. The number of nitrogens with zero attached hydrogens (tertiary/aromatic N) is 3. The molecule has 1 aliphatic rings. The molecule has 0 aromatic rings. The SMILES string of the molecule is CCN(CC)C([Se])=NC1CC(C)(C)N([O])C(C)(C)C1. The number of piperidine rings is 1. The number of rotatable bonds is 3. The molecule has 1 fully saturated rings. The molecule has 4 nitrogen and oxygen atoms in total. The van der Waals surface area contributed by atoms with Crippen molar-refractivity contribution < 1.29 is 5.21 Å². The summed E-state index contributed by atoms with van der Waals surface area (Å²) in [6, 6.07) is 0.215. The molecule has 0 N–H and O–H groups in total. The van der Waals surface area contributed by atoms with Gasteiger partial charge in [0.25, 0.3) is 0 Å². The van der Waals surface area contributed by atoms with Gasteiger partial charge < -0.3 is 0 Å². The fraction of sp³-hybridized carbons (Fsp3) is 0.929. The summed E-state index contributed by atoms with van der Waals surface area (Å²) in [5.41, 5.74) is -0.696. The van der Waals surface area contributed by atoms with E-state index in [0.29, 0.717) is 0 Å². The van der Waals surface area contributed by atoms with Gasteiger partial charge in [0.1, 0.15) is 0 Å². The first kappa shape index (κ1) is 17.0. The van der Waals surface area contributed by atoms with Crippen LogP contribution in [0.2, 0.25) is 0 Å². The molecule has 1 rings (SSSR count). The van der Waals surface area contributed by atoms with Crippen molar-refractivity contribution in [1.82, 2.24) is 9.96 Å². The van der Waals surface area contributed by atoms with Crippen LogP contribution in [-0.2, 0) is 5.21 Å². The molecule has 0 saturated carbocycles. The van der Waals surface area contributed by atoms with Gasteiger partial charge in [0.2, 0.25) is 0 Å². The zero-order chi connectivity index (χ0) is 14.8. The molecule has 0 bridgehead atoms. The summed E-state index contributed by atoms with van der Waals surface area (Å²) in [6.45, 7) is 14.2.